The summed E-state index contributed by atoms with van der Waals surface area (Å²) in [6.07, 6.45) is -0.737. The standard InChI is InChI=1S/C25H23N3O7/c29-22(26-11-15-9-10-21(35-15)24(31)32)12-27-23(30)13-28-25(33)34-14-20-18-7-3-1-5-16(18)17-6-2-4-8-19(17)20/h1-10,20H,11-14H2,(H,26,29)(H,27,30)(H,28,33)(H,31,32). The summed E-state index contributed by atoms with van der Waals surface area (Å²) >= 11 is 0. The zero-order valence-corrected chi connectivity index (χ0v) is 18.6. The minimum absolute atomic E-state index is 0.0278. The zero-order chi connectivity index (χ0) is 24.8. The fourth-order valence-corrected chi connectivity index (χ4v) is 3.88. The molecule has 1 aromatic heterocycles. The minimum atomic E-state index is -1.21. The van der Waals surface area contributed by atoms with Crippen molar-refractivity contribution in [2.24, 2.45) is 0 Å². The maximum absolute atomic E-state index is 12.1. The molecular weight excluding hydrogens is 454 g/mol. The molecule has 0 saturated carbocycles. The number of furan rings is 1. The molecule has 35 heavy (non-hydrogen) atoms. The van der Waals surface area contributed by atoms with Crippen LogP contribution in [0.2, 0.25) is 0 Å². The predicted octanol–water partition coefficient (Wildman–Crippen LogP) is 2.25. The first-order valence-electron chi connectivity index (χ1n) is 10.9. The fourth-order valence-electron chi connectivity index (χ4n) is 3.88. The summed E-state index contributed by atoms with van der Waals surface area (Å²) in [6.45, 7) is -0.581. The second kappa shape index (κ2) is 10.6. The number of carbonyl (C=O) groups is 4. The molecule has 0 radical (unpaired) electrons. The minimum Gasteiger partial charge on any atom is -0.475 e. The van der Waals surface area contributed by atoms with Crippen LogP contribution in [0.1, 0.15) is 33.4 Å². The highest BCUT2D eigenvalue weighted by Crippen LogP contribution is 2.44. The number of fused-ring (bicyclic) bond motifs is 3. The van der Waals surface area contributed by atoms with Gasteiger partial charge in [-0.2, -0.15) is 0 Å². The molecule has 0 unspecified atom stereocenters. The van der Waals surface area contributed by atoms with Crippen molar-refractivity contribution < 1.29 is 33.4 Å². The Labute approximate surface area is 200 Å². The van der Waals surface area contributed by atoms with Gasteiger partial charge in [0.1, 0.15) is 18.9 Å². The van der Waals surface area contributed by atoms with E-state index >= 15 is 0 Å². The van der Waals surface area contributed by atoms with Crippen LogP contribution in [0.3, 0.4) is 0 Å². The molecule has 180 valence electrons. The molecular formula is C25H23N3O7. The van der Waals surface area contributed by atoms with Crippen molar-refractivity contribution in [3.63, 3.8) is 0 Å². The maximum atomic E-state index is 12.1. The third-order valence-electron chi connectivity index (χ3n) is 5.52. The number of rotatable bonds is 9. The molecule has 3 aromatic rings. The SMILES string of the molecule is O=C(CNC(=O)CNC(=O)OCC1c2ccccc2-c2ccccc21)NCc1ccc(C(=O)O)o1. The van der Waals surface area contributed by atoms with Gasteiger partial charge in [-0.25, -0.2) is 9.59 Å². The van der Waals surface area contributed by atoms with E-state index in [2.05, 4.69) is 16.0 Å². The maximum Gasteiger partial charge on any atom is 0.407 e. The Balaban J connectivity index is 1.17. The van der Waals surface area contributed by atoms with E-state index in [0.29, 0.717) is 0 Å². The molecule has 0 bridgehead atoms. The van der Waals surface area contributed by atoms with Gasteiger partial charge in [0.25, 0.3) is 0 Å². The Morgan fingerprint density at radius 3 is 2.03 bits per heavy atom. The Kier molecular flexibility index (Phi) is 7.10. The zero-order valence-electron chi connectivity index (χ0n) is 18.6. The van der Waals surface area contributed by atoms with Crippen LogP contribution in [0.15, 0.2) is 65.1 Å². The Morgan fingerprint density at radius 2 is 1.40 bits per heavy atom. The number of amides is 3. The number of benzene rings is 2. The van der Waals surface area contributed by atoms with Crippen LogP contribution in [-0.2, 0) is 20.9 Å². The molecule has 10 nitrogen and oxygen atoms in total. The van der Waals surface area contributed by atoms with Gasteiger partial charge in [0, 0.05) is 5.92 Å². The number of carbonyl (C=O) groups excluding carboxylic acids is 3. The first kappa shape index (κ1) is 23.6. The van der Waals surface area contributed by atoms with E-state index in [9.17, 15) is 19.2 Å². The molecule has 0 atom stereocenters. The van der Waals surface area contributed by atoms with E-state index in [1.54, 1.807) is 0 Å². The highest BCUT2D eigenvalue weighted by Gasteiger charge is 2.29. The van der Waals surface area contributed by atoms with Crippen molar-refractivity contribution in [2.45, 2.75) is 12.5 Å². The van der Waals surface area contributed by atoms with E-state index in [1.165, 1.54) is 12.1 Å². The number of carboxylic acid groups (broad SMARTS) is 1. The molecule has 0 spiro atoms. The molecule has 0 aliphatic heterocycles. The first-order chi connectivity index (χ1) is 16.9. The molecule has 1 aliphatic carbocycles. The Hall–Kier alpha value is -4.60. The molecule has 3 amide bonds. The molecule has 0 saturated heterocycles. The van der Waals surface area contributed by atoms with Crippen molar-refractivity contribution in [3.05, 3.63) is 83.3 Å². The van der Waals surface area contributed by atoms with Gasteiger partial charge in [-0.15, -0.1) is 0 Å². The largest absolute Gasteiger partial charge is 0.475 e. The van der Waals surface area contributed by atoms with Crippen LogP contribution < -0.4 is 16.0 Å². The molecule has 2 aromatic carbocycles. The van der Waals surface area contributed by atoms with Gasteiger partial charge < -0.3 is 30.2 Å². The summed E-state index contributed by atoms with van der Waals surface area (Å²) in [5, 5.41) is 16.0. The molecule has 1 aliphatic rings. The first-order valence-corrected chi connectivity index (χ1v) is 10.9. The van der Waals surface area contributed by atoms with Crippen molar-refractivity contribution in [1.82, 2.24) is 16.0 Å². The van der Waals surface area contributed by atoms with Crippen molar-refractivity contribution >= 4 is 23.9 Å². The summed E-state index contributed by atoms with van der Waals surface area (Å²) in [5.74, 6) is -2.35. The number of alkyl carbamates (subject to hydrolysis) is 1. The number of nitrogens with one attached hydrogen (secondary N) is 3. The normalized spacial score (nSPS) is 11.8. The Bertz CT molecular complexity index is 1220. The topological polar surface area (TPSA) is 147 Å². The van der Waals surface area contributed by atoms with Crippen LogP contribution >= 0.6 is 0 Å². The number of carboxylic acids is 1. The molecule has 10 heteroatoms. The number of hydrogen-bond acceptors (Lipinski definition) is 6. The lowest BCUT2D eigenvalue weighted by Gasteiger charge is -2.14. The van der Waals surface area contributed by atoms with Crippen molar-refractivity contribution in [1.29, 1.82) is 0 Å². The highest BCUT2D eigenvalue weighted by atomic mass is 16.5. The van der Waals surface area contributed by atoms with Gasteiger partial charge in [-0.1, -0.05) is 48.5 Å². The monoisotopic (exact) mass is 477 g/mol. The van der Waals surface area contributed by atoms with Crippen molar-refractivity contribution in [2.75, 3.05) is 19.7 Å². The number of ether oxygens (including phenoxy) is 1. The molecule has 1 heterocycles. The predicted molar refractivity (Wildman–Crippen MR) is 124 cm³/mol. The van der Waals surface area contributed by atoms with Crippen LogP contribution in [0.5, 0.6) is 0 Å². The summed E-state index contributed by atoms with van der Waals surface area (Å²) in [4.78, 5) is 46.7. The molecule has 4 N–H and O–H groups in total. The average Bonchev–Trinajstić information content (AvgIpc) is 3.47. The third kappa shape index (κ3) is 5.67. The summed E-state index contributed by atoms with van der Waals surface area (Å²) < 4.78 is 10.4. The van der Waals surface area contributed by atoms with Crippen molar-refractivity contribution in [3.8, 4) is 11.1 Å². The Morgan fingerprint density at radius 1 is 0.800 bits per heavy atom. The summed E-state index contributed by atoms with van der Waals surface area (Å²) in [5.41, 5.74) is 4.39. The quantitative estimate of drug-likeness (QED) is 0.370. The third-order valence-corrected chi connectivity index (χ3v) is 5.52. The summed E-state index contributed by atoms with van der Waals surface area (Å²) in [7, 11) is 0. The molecule has 0 fully saturated rings. The van der Waals surface area contributed by atoms with Crippen LogP contribution in [-0.4, -0.2) is 48.7 Å². The lowest BCUT2D eigenvalue weighted by atomic mass is 9.98. The lowest BCUT2D eigenvalue weighted by molar-refractivity contribution is -0.125. The van der Waals surface area contributed by atoms with E-state index in [4.69, 9.17) is 14.3 Å². The van der Waals surface area contributed by atoms with E-state index in [1.807, 2.05) is 48.5 Å². The van der Waals surface area contributed by atoms with Crippen LogP contribution in [0, 0.1) is 0 Å². The van der Waals surface area contributed by atoms with Gasteiger partial charge in [0.2, 0.25) is 17.6 Å². The fraction of sp³-hybridized carbons (Fsp3) is 0.200. The van der Waals surface area contributed by atoms with Gasteiger partial charge in [-0.3, -0.25) is 9.59 Å². The summed E-state index contributed by atoms with van der Waals surface area (Å²) in [6, 6.07) is 18.6. The van der Waals surface area contributed by atoms with E-state index in [-0.39, 0.29) is 43.7 Å². The van der Waals surface area contributed by atoms with Gasteiger partial charge in [-0.05, 0) is 34.4 Å². The molecule has 4 rings (SSSR count). The second-order valence-corrected chi connectivity index (χ2v) is 7.80. The van der Waals surface area contributed by atoms with Gasteiger partial charge in [0.05, 0.1) is 13.1 Å². The van der Waals surface area contributed by atoms with E-state index < -0.39 is 23.9 Å². The van der Waals surface area contributed by atoms with Crippen LogP contribution in [0.25, 0.3) is 11.1 Å². The average molecular weight is 477 g/mol. The smallest absolute Gasteiger partial charge is 0.407 e. The lowest BCUT2D eigenvalue weighted by Crippen LogP contribution is -2.42. The number of aromatic carboxylic acids is 1. The second-order valence-electron chi connectivity index (χ2n) is 7.80. The van der Waals surface area contributed by atoms with E-state index in [0.717, 1.165) is 22.3 Å². The highest BCUT2D eigenvalue weighted by molar-refractivity contribution is 5.87. The number of hydrogen-bond donors (Lipinski definition) is 4. The van der Waals surface area contributed by atoms with Crippen LogP contribution in [0.4, 0.5) is 4.79 Å². The van der Waals surface area contributed by atoms with Gasteiger partial charge >= 0.3 is 12.1 Å². The van der Waals surface area contributed by atoms with Gasteiger partial charge in [0.15, 0.2) is 0 Å².